The number of hydrogen-bond donors (Lipinski definition) is 1. The molecule has 1 aromatic rings. The second-order valence-electron chi connectivity index (χ2n) is 6.75. The Balaban J connectivity index is 2.88. The summed E-state index contributed by atoms with van der Waals surface area (Å²) in [4.78, 5) is 36.5. The van der Waals surface area contributed by atoms with Gasteiger partial charge in [-0.15, -0.1) is 0 Å². The van der Waals surface area contributed by atoms with E-state index < -0.39 is 35.6 Å². The molecule has 0 radical (unpaired) electrons. The van der Waals surface area contributed by atoms with Crippen molar-refractivity contribution in [1.82, 2.24) is 5.32 Å². The van der Waals surface area contributed by atoms with Crippen LogP contribution in [-0.2, 0) is 19.1 Å². The molecule has 0 saturated heterocycles. The van der Waals surface area contributed by atoms with E-state index in [0.717, 1.165) is 7.11 Å². The predicted octanol–water partition coefficient (Wildman–Crippen LogP) is 2.91. The Labute approximate surface area is 172 Å². The van der Waals surface area contributed by atoms with Gasteiger partial charge < -0.3 is 19.5 Å². The normalized spacial score (nSPS) is 16.3. The largest absolute Gasteiger partial charge is 0.497 e. The summed E-state index contributed by atoms with van der Waals surface area (Å²) in [6, 6.07) is 3.91. The Kier molecular flexibility index (Phi) is 7.14. The Bertz CT molecular complexity index is 937. The van der Waals surface area contributed by atoms with Gasteiger partial charge in [-0.25, -0.2) is 14.0 Å². The molecule has 162 valence electrons. The molecule has 1 N–H and O–H groups in total. The predicted molar refractivity (Wildman–Crippen MR) is 104 cm³/mol. The number of alkyl halides is 1. The fourth-order valence-corrected chi connectivity index (χ4v) is 3.27. The van der Waals surface area contributed by atoms with Gasteiger partial charge in [-0.3, -0.25) is 10.1 Å². The lowest BCUT2D eigenvalue weighted by Gasteiger charge is -2.30. The molecule has 0 bridgehead atoms. The number of esters is 2. The summed E-state index contributed by atoms with van der Waals surface area (Å²) in [7, 11) is 2.46. The molecule has 2 rings (SSSR count). The molecule has 0 spiro atoms. The van der Waals surface area contributed by atoms with Crippen LogP contribution < -0.4 is 10.1 Å². The Morgan fingerprint density at radius 2 is 1.90 bits per heavy atom. The number of methoxy groups -OCH3 is 2. The van der Waals surface area contributed by atoms with Crippen molar-refractivity contribution in [3.63, 3.8) is 0 Å². The number of benzene rings is 1. The lowest BCUT2D eigenvalue weighted by Crippen LogP contribution is -2.34. The second kappa shape index (κ2) is 9.38. The van der Waals surface area contributed by atoms with Gasteiger partial charge in [0.05, 0.1) is 48.0 Å². The number of carbonyl (C=O) groups is 2. The maximum absolute atomic E-state index is 13.8. The lowest BCUT2D eigenvalue weighted by molar-refractivity contribution is -0.385. The summed E-state index contributed by atoms with van der Waals surface area (Å²) < 4.78 is 29.1. The number of carbonyl (C=O) groups excluding carboxylic acids is 2. The first-order valence-electron chi connectivity index (χ1n) is 9.04. The topological polar surface area (TPSA) is 117 Å². The zero-order chi connectivity index (χ0) is 22.6. The van der Waals surface area contributed by atoms with Gasteiger partial charge >= 0.3 is 11.9 Å². The van der Waals surface area contributed by atoms with Crippen molar-refractivity contribution >= 4 is 17.6 Å². The van der Waals surface area contributed by atoms with Crippen LogP contribution in [0.25, 0.3) is 0 Å². The van der Waals surface area contributed by atoms with Crippen molar-refractivity contribution in [1.29, 1.82) is 0 Å². The minimum Gasteiger partial charge on any atom is -0.497 e. The van der Waals surface area contributed by atoms with Gasteiger partial charge in [0.25, 0.3) is 5.69 Å². The Morgan fingerprint density at radius 3 is 2.40 bits per heavy atom. The first-order valence-corrected chi connectivity index (χ1v) is 9.04. The lowest BCUT2D eigenvalue weighted by atomic mass is 9.79. The summed E-state index contributed by atoms with van der Waals surface area (Å²) in [5.74, 6) is -2.77. The summed E-state index contributed by atoms with van der Waals surface area (Å²) in [6.07, 6.45) is -0.494. The van der Waals surface area contributed by atoms with Crippen LogP contribution in [0.2, 0.25) is 0 Å². The van der Waals surface area contributed by atoms with Crippen molar-refractivity contribution in [3.05, 3.63) is 56.4 Å². The van der Waals surface area contributed by atoms with Gasteiger partial charge in [0, 0.05) is 17.3 Å². The van der Waals surface area contributed by atoms with Crippen molar-refractivity contribution < 1.29 is 33.1 Å². The van der Waals surface area contributed by atoms with Gasteiger partial charge in [-0.05, 0) is 32.9 Å². The molecule has 1 aliphatic heterocycles. The highest BCUT2D eigenvalue weighted by atomic mass is 19.1. The SMILES string of the molecule is COC(=O)C1=C(CF)NC(C)=C(C(=O)OC(C)C)C1c1cc(OC)ccc1[N+](=O)[O-]. The highest BCUT2D eigenvalue weighted by Gasteiger charge is 2.42. The van der Waals surface area contributed by atoms with Crippen LogP contribution in [0.1, 0.15) is 32.3 Å². The summed E-state index contributed by atoms with van der Waals surface area (Å²) in [6.45, 7) is 3.69. The van der Waals surface area contributed by atoms with Gasteiger partial charge in [0.1, 0.15) is 12.4 Å². The monoisotopic (exact) mass is 422 g/mol. The van der Waals surface area contributed by atoms with Crippen LogP contribution in [0.3, 0.4) is 0 Å². The summed E-state index contributed by atoms with van der Waals surface area (Å²) >= 11 is 0. The molecule has 10 heteroatoms. The van der Waals surface area contributed by atoms with E-state index in [4.69, 9.17) is 14.2 Å². The number of nitrogens with zero attached hydrogens (tertiary/aromatic N) is 1. The number of nitrogens with one attached hydrogen (secondary N) is 1. The standard InChI is InChI=1S/C20H23FN2O7/c1-10(2)30-20(25)16-11(3)22-14(9-21)18(19(24)29-5)17(16)13-8-12(28-4)6-7-15(13)23(26)27/h6-8,10,17,22H,9H2,1-5H3. The Hall–Kier alpha value is -3.43. The van der Waals surface area contributed by atoms with Crippen LogP contribution in [0.4, 0.5) is 10.1 Å². The van der Waals surface area contributed by atoms with E-state index in [1.807, 2.05) is 0 Å². The molecule has 1 atom stereocenters. The molecule has 0 saturated carbocycles. The number of rotatable bonds is 7. The number of ether oxygens (including phenoxy) is 3. The fourth-order valence-electron chi connectivity index (χ4n) is 3.27. The van der Waals surface area contributed by atoms with E-state index >= 15 is 0 Å². The fraction of sp³-hybridized carbons (Fsp3) is 0.400. The molecule has 0 amide bonds. The molecule has 0 aliphatic carbocycles. The van der Waals surface area contributed by atoms with Gasteiger partial charge in [0.2, 0.25) is 0 Å². The number of allylic oxidation sites excluding steroid dienone is 2. The van der Waals surface area contributed by atoms with Gasteiger partial charge in [-0.2, -0.15) is 0 Å². The molecule has 9 nitrogen and oxygen atoms in total. The van der Waals surface area contributed by atoms with Gasteiger partial charge in [-0.1, -0.05) is 0 Å². The maximum atomic E-state index is 13.8. The van der Waals surface area contributed by atoms with Crippen molar-refractivity contribution in [2.24, 2.45) is 0 Å². The van der Waals surface area contributed by atoms with Crippen LogP contribution in [-0.4, -0.2) is 43.9 Å². The van der Waals surface area contributed by atoms with E-state index in [0.29, 0.717) is 0 Å². The molecular weight excluding hydrogens is 399 g/mol. The third-order valence-electron chi connectivity index (χ3n) is 4.49. The zero-order valence-corrected chi connectivity index (χ0v) is 17.3. The van der Waals surface area contributed by atoms with Crippen LogP contribution in [0.5, 0.6) is 5.75 Å². The van der Waals surface area contributed by atoms with Crippen molar-refractivity contribution in [2.75, 3.05) is 20.9 Å². The molecule has 1 heterocycles. The number of halogens is 1. The Morgan fingerprint density at radius 1 is 1.23 bits per heavy atom. The first kappa shape index (κ1) is 22.9. The second-order valence-corrected chi connectivity index (χ2v) is 6.75. The van der Waals surface area contributed by atoms with E-state index in [1.165, 1.54) is 32.2 Å². The number of nitro groups is 1. The number of nitro benzene ring substituents is 1. The number of hydrogen-bond acceptors (Lipinski definition) is 8. The summed E-state index contributed by atoms with van der Waals surface area (Å²) in [5, 5.41) is 14.4. The highest BCUT2D eigenvalue weighted by molar-refractivity contribution is 6.00. The average Bonchev–Trinajstić information content (AvgIpc) is 2.70. The van der Waals surface area contributed by atoms with Crippen molar-refractivity contribution in [2.45, 2.75) is 32.8 Å². The third kappa shape index (κ3) is 4.42. The highest BCUT2D eigenvalue weighted by Crippen LogP contribution is 2.44. The third-order valence-corrected chi connectivity index (χ3v) is 4.49. The van der Waals surface area contributed by atoms with Gasteiger partial charge in [0.15, 0.2) is 0 Å². The molecule has 1 aromatic carbocycles. The average molecular weight is 422 g/mol. The smallest absolute Gasteiger partial charge is 0.337 e. The van der Waals surface area contributed by atoms with E-state index in [1.54, 1.807) is 13.8 Å². The minimum atomic E-state index is -1.30. The van der Waals surface area contributed by atoms with E-state index in [9.17, 15) is 24.1 Å². The van der Waals surface area contributed by atoms with E-state index in [2.05, 4.69) is 5.32 Å². The van der Waals surface area contributed by atoms with Crippen molar-refractivity contribution in [3.8, 4) is 5.75 Å². The van der Waals surface area contributed by atoms with Crippen LogP contribution >= 0.6 is 0 Å². The molecule has 1 aliphatic rings. The molecule has 0 fully saturated rings. The molecule has 30 heavy (non-hydrogen) atoms. The van der Waals surface area contributed by atoms with Crippen LogP contribution in [0, 0.1) is 10.1 Å². The maximum Gasteiger partial charge on any atom is 0.337 e. The molecule has 0 aromatic heterocycles. The molecule has 1 unspecified atom stereocenters. The minimum absolute atomic E-state index is 0.0257. The summed E-state index contributed by atoms with van der Waals surface area (Å²) in [5.41, 5.74) is -0.645. The first-order chi connectivity index (χ1) is 14.2. The quantitative estimate of drug-likeness (QED) is 0.405. The molecular formula is C20H23FN2O7. The number of dihydropyridines is 1. The van der Waals surface area contributed by atoms with E-state index in [-0.39, 0.29) is 39.5 Å². The zero-order valence-electron chi connectivity index (χ0n) is 17.3. The van der Waals surface area contributed by atoms with Crippen LogP contribution in [0.15, 0.2) is 40.7 Å².